The van der Waals surface area contributed by atoms with Gasteiger partial charge in [-0.2, -0.15) is 13.2 Å². The van der Waals surface area contributed by atoms with Crippen molar-refractivity contribution in [2.75, 3.05) is 39.2 Å². The fraction of sp³-hybridized carbons (Fsp3) is 1.00. The van der Waals surface area contributed by atoms with E-state index in [0.29, 0.717) is 18.0 Å². The van der Waals surface area contributed by atoms with Crippen LogP contribution in [0.4, 0.5) is 21.8 Å². The number of rotatable bonds is 3. The summed E-state index contributed by atoms with van der Waals surface area (Å²) in [5.74, 6) is 0. The van der Waals surface area contributed by atoms with Crippen LogP contribution >= 0.6 is 0 Å². The fourth-order valence-electron chi connectivity index (χ4n) is 1.70. The molecule has 0 spiro atoms. The molecule has 0 atom stereocenters. The molecule has 0 amide bonds. The van der Waals surface area contributed by atoms with Crippen LogP contribution in [0.5, 0.6) is 0 Å². The van der Waals surface area contributed by atoms with Crippen LogP contribution in [0.2, 0.25) is 0 Å². The van der Waals surface area contributed by atoms with Crippen molar-refractivity contribution >= 4 is 7.27 Å². The molecule has 2 nitrogen and oxygen atoms in total. The number of halogens is 5. The lowest BCUT2D eigenvalue weighted by atomic mass is 9.98. The van der Waals surface area contributed by atoms with E-state index in [1.807, 2.05) is 0 Å². The van der Waals surface area contributed by atoms with Crippen molar-refractivity contribution in [2.24, 2.45) is 0 Å². The van der Waals surface area contributed by atoms with E-state index >= 15 is 0 Å². The van der Waals surface area contributed by atoms with E-state index in [9.17, 15) is 21.8 Å². The van der Waals surface area contributed by atoms with E-state index in [-0.39, 0.29) is 19.5 Å². The van der Waals surface area contributed by atoms with Crippen LogP contribution in [0.1, 0.15) is 0 Å². The lowest BCUT2D eigenvalue weighted by Gasteiger charge is -2.32. The van der Waals surface area contributed by atoms with Gasteiger partial charge in [0.25, 0.3) is 0 Å². The standard InChI is InChI=1S/C7H12BF5N2/c9-7(10,11)5-14-1-3-15(4-2-14)6-8(12)13/h1-6H2/p+1. The van der Waals surface area contributed by atoms with E-state index in [1.54, 1.807) is 0 Å². The summed E-state index contributed by atoms with van der Waals surface area (Å²) in [4.78, 5) is 1.94. The van der Waals surface area contributed by atoms with Gasteiger partial charge in [0.1, 0.15) is 6.44 Å². The maximum atomic E-state index is 12.0. The highest BCUT2D eigenvalue weighted by atomic mass is 19.4. The van der Waals surface area contributed by atoms with E-state index in [4.69, 9.17) is 0 Å². The SMILES string of the molecule is FB(F)C[NH+]1CCN(CC(F)(F)F)CC1. The van der Waals surface area contributed by atoms with Gasteiger partial charge in [-0.1, -0.05) is 0 Å². The molecule has 0 bridgehead atoms. The van der Waals surface area contributed by atoms with Crippen LogP contribution in [0.25, 0.3) is 0 Å². The van der Waals surface area contributed by atoms with Crippen molar-refractivity contribution in [3.63, 3.8) is 0 Å². The van der Waals surface area contributed by atoms with Crippen molar-refractivity contribution in [3.8, 4) is 0 Å². The molecule has 1 heterocycles. The second kappa shape index (κ2) is 5.11. The Balaban J connectivity index is 2.24. The average molecular weight is 231 g/mol. The zero-order valence-electron chi connectivity index (χ0n) is 8.16. The number of hydrogen-bond donors (Lipinski definition) is 1. The van der Waals surface area contributed by atoms with Crippen LogP contribution in [0.3, 0.4) is 0 Å². The summed E-state index contributed by atoms with van der Waals surface area (Å²) >= 11 is 0. The molecule has 15 heavy (non-hydrogen) atoms. The highest BCUT2D eigenvalue weighted by Gasteiger charge is 2.34. The summed E-state index contributed by atoms with van der Waals surface area (Å²) in [6, 6.07) is 0. The molecule has 1 saturated heterocycles. The molecule has 1 rings (SSSR count). The third kappa shape index (κ3) is 5.32. The minimum atomic E-state index is -4.19. The van der Waals surface area contributed by atoms with Crippen LogP contribution in [0.15, 0.2) is 0 Å². The first-order valence-electron chi connectivity index (χ1n) is 4.77. The largest absolute Gasteiger partial charge is 0.592 e. The van der Waals surface area contributed by atoms with Gasteiger partial charge in [0.15, 0.2) is 0 Å². The Morgan fingerprint density at radius 1 is 1.13 bits per heavy atom. The summed E-state index contributed by atoms with van der Waals surface area (Å²) in [7, 11) is -2.38. The van der Waals surface area contributed by atoms with Crippen LogP contribution in [0, 0.1) is 0 Å². The molecule has 0 aromatic rings. The van der Waals surface area contributed by atoms with Gasteiger partial charge < -0.3 is 4.90 Å². The summed E-state index contributed by atoms with van der Waals surface area (Å²) in [6.07, 6.45) is -4.46. The highest BCUT2D eigenvalue weighted by Crippen LogP contribution is 2.15. The third-order valence-electron chi connectivity index (χ3n) is 2.41. The van der Waals surface area contributed by atoms with Gasteiger partial charge >= 0.3 is 13.4 Å². The first-order chi connectivity index (χ1) is 6.87. The van der Waals surface area contributed by atoms with Gasteiger partial charge in [0, 0.05) is 13.1 Å². The Kier molecular flexibility index (Phi) is 4.33. The third-order valence-corrected chi connectivity index (χ3v) is 2.41. The van der Waals surface area contributed by atoms with Gasteiger partial charge in [-0.05, 0) is 0 Å². The molecular weight excluding hydrogens is 218 g/mol. The van der Waals surface area contributed by atoms with Crippen molar-refractivity contribution < 1.29 is 26.7 Å². The molecule has 0 aliphatic carbocycles. The fourth-order valence-corrected chi connectivity index (χ4v) is 1.70. The van der Waals surface area contributed by atoms with Crippen molar-refractivity contribution in [1.82, 2.24) is 4.90 Å². The average Bonchev–Trinajstić information content (AvgIpc) is 2.05. The van der Waals surface area contributed by atoms with Crippen molar-refractivity contribution in [3.05, 3.63) is 0 Å². The van der Waals surface area contributed by atoms with Gasteiger partial charge in [0.05, 0.1) is 19.6 Å². The maximum Gasteiger partial charge on any atom is 0.592 e. The molecule has 88 valence electrons. The summed E-state index contributed by atoms with van der Waals surface area (Å²) in [5.41, 5.74) is 0. The van der Waals surface area contributed by atoms with E-state index < -0.39 is 20.0 Å². The molecular formula is C7H13BF5N2+. The molecule has 1 aliphatic heterocycles. The number of quaternary nitrogens is 1. The van der Waals surface area contributed by atoms with Crippen LogP contribution in [-0.2, 0) is 0 Å². The highest BCUT2D eigenvalue weighted by molar-refractivity contribution is 6.42. The minimum Gasteiger partial charge on any atom is -0.334 e. The number of nitrogens with one attached hydrogen (secondary N) is 1. The Hall–Kier alpha value is -0.365. The Labute approximate surface area is 85.2 Å². The normalized spacial score (nSPS) is 20.6. The van der Waals surface area contributed by atoms with E-state index in [0.717, 1.165) is 0 Å². The topological polar surface area (TPSA) is 7.68 Å². The van der Waals surface area contributed by atoms with Crippen molar-refractivity contribution in [2.45, 2.75) is 6.18 Å². The molecule has 0 unspecified atom stereocenters. The minimum absolute atomic E-state index is 0.238. The molecule has 1 fully saturated rings. The second-order valence-electron chi connectivity index (χ2n) is 3.74. The number of piperazine rings is 1. The number of hydrogen-bond acceptors (Lipinski definition) is 1. The van der Waals surface area contributed by atoms with Gasteiger partial charge in [-0.3, -0.25) is 13.5 Å². The van der Waals surface area contributed by atoms with Crippen LogP contribution < -0.4 is 4.90 Å². The second-order valence-corrected chi connectivity index (χ2v) is 3.74. The maximum absolute atomic E-state index is 12.0. The lowest BCUT2D eigenvalue weighted by molar-refractivity contribution is -0.895. The summed E-state index contributed by atoms with van der Waals surface area (Å²) < 4.78 is 59.9. The molecule has 0 radical (unpaired) electrons. The predicted octanol–water partition coefficient (Wildman–Crippen LogP) is -0.284. The van der Waals surface area contributed by atoms with Crippen LogP contribution in [-0.4, -0.2) is 57.5 Å². The van der Waals surface area contributed by atoms with E-state index in [2.05, 4.69) is 0 Å². The molecule has 8 heteroatoms. The van der Waals surface area contributed by atoms with Gasteiger partial charge in [-0.25, -0.2) is 0 Å². The molecule has 0 aromatic carbocycles. The lowest BCUT2D eigenvalue weighted by Crippen LogP contribution is -3.15. The molecule has 1 aliphatic rings. The monoisotopic (exact) mass is 231 g/mol. The predicted molar refractivity (Wildman–Crippen MR) is 46.0 cm³/mol. The van der Waals surface area contributed by atoms with Gasteiger partial charge in [-0.15, -0.1) is 0 Å². The molecule has 0 aromatic heterocycles. The van der Waals surface area contributed by atoms with E-state index in [1.165, 1.54) is 4.90 Å². The Morgan fingerprint density at radius 3 is 2.07 bits per heavy atom. The zero-order chi connectivity index (χ0) is 11.5. The number of nitrogens with zero attached hydrogens (tertiary/aromatic N) is 1. The summed E-state index contributed by atoms with van der Waals surface area (Å²) in [5, 5.41) is 0. The first-order valence-corrected chi connectivity index (χ1v) is 4.77. The van der Waals surface area contributed by atoms with Crippen molar-refractivity contribution in [1.29, 1.82) is 0 Å². The smallest absolute Gasteiger partial charge is 0.334 e. The number of alkyl halides is 3. The molecule has 0 saturated carbocycles. The zero-order valence-corrected chi connectivity index (χ0v) is 8.16. The summed E-state index contributed by atoms with van der Waals surface area (Å²) in [6.45, 7) is 0.263. The Bertz CT molecular complexity index is 190. The quantitative estimate of drug-likeness (QED) is 0.518. The van der Waals surface area contributed by atoms with Gasteiger partial charge in [0.2, 0.25) is 0 Å². The first kappa shape index (κ1) is 12.7. The molecule has 1 N–H and O–H groups in total. The Morgan fingerprint density at radius 2 is 1.67 bits per heavy atom.